The molecule has 0 saturated carbocycles. The van der Waals surface area contributed by atoms with Crippen LogP contribution in [-0.4, -0.2) is 26.5 Å². The second-order valence-electron chi connectivity index (χ2n) is 9.63. The van der Waals surface area contributed by atoms with E-state index < -0.39 is 17.6 Å². The summed E-state index contributed by atoms with van der Waals surface area (Å²) in [5, 5.41) is 9.02. The van der Waals surface area contributed by atoms with Gasteiger partial charge in [-0.1, -0.05) is 18.2 Å². The summed E-state index contributed by atoms with van der Waals surface area (Å²) in [6.07, 6.45) is 2.51. The number of fused-ring (bicyclic) bond motifs is 1. The van der Waals surface area contributed by atoms with Crippen LogP contribution in [0.1, 0.15) is 40.9 Å². The minimum absolute atomic E-state index is 0.0108. The minimum Gasteiger partial charge on any atom is -0.383 e. The number of Topliss-reactive ketones (excluding diaryl/α,β-unsaturated/α-hetero) is 1. The van der Waals surface area contributed by atoms with Crippen molar-refractivity contribution < 1.29 is 18.4 Å². The van der Waals surface area contributed by atoms with E-state index in [0.29, 0.717) is 17.8 Å². The highest BCUT2D eigenvalue weighted by Gasteiger charge is 2.23. The average molecular weight is 520 g/mol. The van der Waals surface area contributed by atoms with Gasteiger partial charge in [0.25, 0.3) is 0 Å². The van der Waals surface area contributed by atoms with Crippen LogP contribution in [0.3, 0.4) is 0 Å². The monoisotopic (exact) mass is 519 g/mol. The third kappa shape index (κ3) is 6.22. The number of ketones is 1. The van der Waals surface area contributed by atoms with E-state index in [1.165, 1.54) is 6.07 Å². The lowest BCUT2D eigenvalue weighted by molar-refractivity contribution is -0.129. The van der Waals surface area contributed by atoms with Crippen LogP contribution >= 0.6 is 0 Å². The van der Waals surface area contributed by atoms with Gasteiger partial charge in [-0.15, -0.1) is 0 Å². The Bertz CT molecular complexity index is 1500. The van der Waals surface area contributed by atoms with Crippen LogP contribution in [0.5, 0.6) is 0 Å². The fraction of sp³-hybridized carbons (Fsp3) is 0.310. The van der Waals surface area contributed by atoms with Crippen molar-refractivity contribution in [2.75, 3.05) is 5.73 Å². The first-order valence-corrected chi connectivity index (χ1v) is 12.5. The Morgan fingerprint density at radius 1 is 1.05 bits per heavy atom. The Balaban J connectivity index is 1.46. The summed E-state index contributed by atoms with van der Waals surface area (Å²) in [5.74, 6) is -2.65. The second kappa shape index (κ2) is 11.5. The van der Waals surface area contributed by atoms with Gasteiger partial charge in [-0.2, -0.15) is 5.10 Å². The Kier molecular flexibility index (Phi) is 8.14. The molecular formula is C29H31F2N5O2. The lowest BCUT2D eigenvalue weighted by Gasteiger charge is -2.17. The molecule has 38 heavy (non-hydrogen) atoms. The molecule has 0 spiro atoms. The van der Waals surface area contributed by atoms with Crippen LogP contribution in [0.4, 0.5) is 14.6 Å². The fourth-order valence-corrected chi connectivity index (χ4v) is 4.72. The third-order valence-corrected chi connectivity index (χ3v) is 6.95. The van der Waals surface area contributed by atoms with Gasteiger partial charge in [0, 0.05) is 49.6 Å². The molecule has 198 valence electrons. The molecule has 2 aromatic heterocycles. The van der Waals surface area contributed by atoms with Crippen molar-refractivity contribution in [3.8, 4) is 0 Å². The number of nitrogen functional groups attached to an aromatic ring is 1. The van der Waals surface area contributed by atoms with Crippen molar-refractivity contribution in [1.82, 2.24) is 20.1 Å². The summed E-state index contributed by atoms with van der Waals surface area (Å²) in [6.45, 7) is 4.11. The van der Waals surface area contributed by atoms with E-state index in [2.05, 4.69) is 15.4 Å². The van der Waals surface area contributed by atoms with E-state index in [9.17, 15) is 18.4 Å². The number of amides is 1. The molecule has 0 radical (unpaired) electrons. The highest BCUT2D eigenvalue weighted by Crippen LogP contribution is 2.22. The highest BCUT2D eigenvalue weighted by molar-refractivity contribution is 5.91. The van der Waals surface area contributed by atoms with Crippen LogP contribution in [0, 0.1) is 31.4 Å². The number of carbonyl (C=O) groups is 2. The quantitative estimate of drug-likeness (QED) is 0.321. The zero-order valence-electron chi connectivity index (χ0n) is 21.7. The molecule has 9 heteroatoms. The molecule has 4 aromatic rings. The van der Waals surface area contributed by atoms with E-state index in [1.54, 1.807) is 10.9 Å². The van der Waals surface area contributed by atoms with Gasteiger partial charge < -0.3 is 11.1 Å². The van der Waals surface area contributed by atoms with Crippen LogP contribution < -0.4 is 11.1 Å². The van der Waals surface area contributed by atoms with Crippen molar-refractivity contribution in [1.29, 1.82) is 0 Å². The number of aryl methyl sites for hydroxylation is 2. The summed E-state index contributed by atoms with van der Waals surface area (Å²) >= 11 is 0. The lowest BCUT2D eigenvalue weighted by atomic mass is 9.91. The number of nitrogens with two attached hydrogens (primary N) is 1. The van der Waals surface area contributed by atoms with E-state index in [-0.39, 0.29) is 37.5 Å². The Morgan fingerprint density at radius 2 is 1.82 bits per heavy atom. The number of halogens is 2. The molecule has 1 amide bonds. The Labute approximate surface area is 220 Å². The fourth-order valence-electron chi connectivity index (χ4n) is 4.72. The number of nitrogens with zero attached hydrogens (tertiary/aromatic N) is 3. The van der Waals surface area contributed by atoms with Crippen molar-refractivity contribution in [3.63, 3.8) is 0 Å². The average Bonchev–Trinajstić information content (AvgIpc) is 3.13. The number of pyridine rings is 1. The van der Waals surface area contributed by atoms with Crippen LogP contribution in [0.2, 0.25) is 0 Å². The Hall–Kier alpha value is -4.14. The SMILES string of the molecule is Cc1nn(C)c(C)c1CCC(=O)C[C@@H](Cc1ccc(F)c(F)c1)C(=O)NCc1ccc2c(N)nccc2c1. The number of anilines is 1. The van der Waals surface area contributed by atoms with Crippen LogP contribution in [-0.2, 0) is 36.0 Å². The predicted molar refractivity (Wildman–Crippen MR) is 142 cm³/mol. The molecule has 3 N–H and O–H groups in total. The number of hydrogen-bond acceptors (Lipinski definition) is 5. The van der Waals surface area contributed by atoms with Crippen LogP contribution in [0.25, 0.3) is 10.8 Å². The number of benzene rings is 2. The van der Waals surface area contributed by atoms with Gasteiger partial charge in [-0.05, 0) is 73.0 Å². The molecule has 2 aromatic carbocycles. The molecule has 0 fully saturated rings. The lowest BCUT2D eigenvalue weighted by Crippen LogP contribution is -2.33. The number of rotatable bonds is 10. The Morgan fingerprint density at radius 3 is 2.53 bits per heavy atom. The first-order valence-electron chi connectivity index (χ1n) is 12.5. The van der Waals surface area contributed by atoms with Gasteiger partial charge in [-0.3, -0.25) is 14.3 Å². The zero-order chi connectivity index (χ0) is 27.4. The number of hydrogen-bond donors (Lipinski definition) is 2. The first-order chi connectivity index (χ1) is 18.1. The normalized spacial score (nSPS) is 12.0. The predicted octanol–water partition coefficient (Wildman–Crippen LogP) is 4.51. The van der Waals surface area contributed by atoms with Gasteiger partial charge in [0.2, 0.25) is 5.91 Å². The summed E-state index contributed by atoms with van der Waals surface area (Å²) in [5.41, 5.74) is 10.1. The van der Waals surface area contributed by atoms with E-state index >= 15 is 0 Å². The first kappa shape index (κ1) is 26.9. The largest absolute Gasteiger partial charge is 0.383 e. The van der Waals surface area contributed by atoms with E-state index in [1.807, 2.05) is 45.2 Å². The maximum absolute atomic E-state index is 13.8. The van der Waals surface area contributed by atoms with Crippen molar-refractivity contribution in [3.05, 3.63) is 88.4 Å². The van der Waals surface area contributed by atoms with Crippen molar-refractivity contribution in [2.45, 2.75) is 46.1 Å². The van der Waals surface area contributed by atoms with Crippen molar-refractivity contribution in [2.24, 2.45) is 13.0 Å². The molecule has 0 unspecified atom stereocenters. The van der Waals surface area contributed by atoms with Gasteiger partial charge in [-0.25, -0.2) is 13.8 Å². The molecule has 0 aliphatic heterocycles. The maximum Gasteiger partial charge on any atom is 0.224 e. The summed E-state index contributed by atoms with van der Waals surface area (Å²) < 4.78 is 29.1. The van der Waals surface area contributed by atoms with Crippen molar-refractivity contribution >= 4 is 28.3 Å². The number of carbonyl (C=O) groups excluding carboxylic acids is 2. The minimum atomic E-state index is -0.986. The topological polar surface area (TPSA) is 103 Å². The molecule has 2 heterocycles. The maximum atomic E-state index is 13.8. The van der Waals surface area contributed by atoms with Gasteiger partial charge in [0.1, 0.15) is 11.6 Å². The van der Waals surface area contributed by atoms with E-state index in [4.69, 9.17) is 5.73 Å². The summed E-state index contributed by atoms with van der Waals surface area (Å²) in [6, 6.07) is 11.0. The molecular weight excluding hydrogens is 488 g/mol. The summed E-state index contributed by atoms with van der Waals surface area (Å²) in [7, 11) is 1.86. The number of nitrogens with one attached hydrogen (secondary N) is 1. The number of aromatic nitrogens is 3. The standard InChI is InChI=1S/C29H31F2N5O2/c1-17-24(18(2)36(3)35-17)8-6-23(37)15-22(12-19-5-9-26(30)27(31)14-19)29(38)34-16-20-4-7-25-21(13-20)10-11-33-28(25)32/h4-5,7,9-11,13-14,22H,6,8,12,15-16H2,1-3H3,(H2,32,33)(H,34,38)/t22-/m1/s1. The second-order valence-corrected chi connectivity index (χ2v) is 9.63. The molecule has 4 rings (SSSR count). The molecule has 0 aliphatic carbocycles. The zero-order valence-corrected chi connectivity index (χ0v) is 21.7. The molecule has 1 atom stereocenters. The van der Waals surface area contributed by atoms with Gasteiger partial charge in [0.05, 0.1) is 5.69 Å². The molecule has 0 saturated heterocycles. The highest BCUT2D eigenvalue weighted by atomic mass is 19.2. The summed E-state index contributed by atoms with van der Waals surface area (Å²) in [4.78, 5) is 30.3. The molecule has 7 nitrogen and oxygen atoms in total. The third-order valence-electron chi connectivity index (χ3n) is 6.95. The molecule has 0 aliphatic rings. The van der Waals surface area contributed by atoms with Gasteiger partial charge in [0.15, 0.2) is 11.6 Å². The smallest absolute Gasteiger partial charge is 0.224 e. The van der Waals surface area contributed by atoms with E-state index in [0.717, 1.165) is 45.4 Å². The van der Waals surface area contributed by atoms with Gasteiger partial charge >= 0.3 is 0 Å². The molecule has 0 bridgehead atoms. The van der Waals surface area contributed by atoms with Crippen LogP contribution in [0.15, 0.2) is 48.7 Å².